The fraction of sp³-hybridized carbons (Fsp3) is 0.261. The first-order valence-corrected chi connectivity index (χ1v) is 9.21. The van der Waals surface area contributed by atoms with Gasteiger partial charge in [0, 0.05) is 18.2 Å². The lowest BCUT2D eigenvalue weighted by Gasteiger charge is -2.27. The molecule has 4 rings (SSSR count). The highest BCUT2D eigenvalue weighted by Gasteiger charge is 2.49. The van der Waals surface area contributed by atoms with Gasteiger partial charge in [0.05, 0.1) is 17.8 Å². The molecule has 0 amide bonds. The first-order chi connectivity index (χ1) is 12.8. The Bertz CT molecular complexity index is 777. The molecule has 3 heteroatoms. The molecule has 1 aliphatic carbocycles. The zero-order valence-electron chi connectivity index (χ0n) is 14.8. The van der Waals surface area contributed by atoms with Crippen LogP contribution in [0.15, 0.2) is 85.1 Å². The number of aromatic nitrogens is 1. The van der Waals surface area contributed by atoms with Crippen LogP contribution in [0.4, 0.5) is 0 Å². The van der Waals surface area contributed by atoms with E-state index < -0.39 is 6.10 Å². The summed E-state index contributed by atoms with van der Waals surface area (Å²) in [4.78, 5) is 4.55. The molecule has 2 aromatic carbocycles. The van der Waals surface area contributed by atoms with Gasteiger partial charge in [-0.25, -0.2) is 0 Å². The molecule has 0 bridgehead atoms. The number of aliphatic hydroxyl groups excluding tert-OH is 1. The van der Waals surface area contributed by atoms with Crippen molar-refractivity contribution in [2.75, 3.05) is 6.54 Å². The van der Waals surface area contributed by atoms with Crippen molar-refractivity contribution in [1.29, 1.82) is 0 Å². The monoisotopic (exact) mass is 344 g/mol. The Hall–Kier alpha value is -2.49. The van der Waals surface area contributed by atoms with Crippen molar-refractivity contribution < 1.29 is 5.11 Å². The van der Waals surface area contributed by atoms with Crippen molar-refractivity contribution in [3.63, 3.8) is 0 Å². The molecule has 132 valence electrons. The predicted molar refractivity (Wildman–Crippen MR) is 104 cm³/mol. The molecule has 2 N–H and O–H groups in total. The third kappa shape index (κ3) is 3.55. The summed E-state index contributed by atoms with van der Waals surface area (Å²) in [5, 5.41) is 14.6. The largest absolute Gasteiger partial charge is 0.388 e. The molecule has 1 aliphatic rings. The molecule has 2 unspecified atom stereocenters. The van der Waals surface area contributed by atoms with Crippen molar-refractivity contribution in [3.8, 4) is 0 Å². The van der Waals surface area contributed by atoms with Crippen LogP contribution in [0.2, 0.25) is 0 Å². The van der Waals surface area contributed by atoms with Gasteiger partial charge in [-0.15, -0.1) is 0 Å². The minimum Gasteiger partial charge on any atom is -0.388 e. The number of rotatable bonds is 7. The molecule has 1 heterocycles. The molecule has 0 aliphatic heterocycles. The van der Waals surface area contributed by atoms with E-state index in [0.29, 0.717) is 0 Å². The van der Waals surface area contributed by atoms with Gasteiger partial charge in [0.15, 0.2) is 0 Å². The first-order valence-electron chi connectivity index (χ1n) is 9.21. The van der Waals surface area contributed by atoms with E-state index in [-0.39, 0.29) is 11.5 Å². The van der Waals surface area contributed by atoms with Gasteiger partial charge in [0.1, 0.15) is 0 Å². The van der Waals surface area contributed by atoms with Gasteiger partial charge >= 0.3 is 0 Å². The molecule has 0 radical (unpaired) electrons. The van der Waals surface area contributed by atoms with Gasteiger partial charge in [0.2, 0.25) is 0 Å². The van der Waals surface area contributed by atoms with Crippen LogP contribution in [0.25, 0.3) is 0 Å². The number of hydrogen-bond donors (Lipinski definition) is 2. The highest BCUT2D eigenvalue weighted by atomic mass is 16.3. The van der Waals surface area contributed by atoms with Crippen molar-refractivity contribution in [2.24, 2.45) is 5.41 Å². The van der Waals surface area contributed by atoms with Crippen LogP contribution in [-0.2, 0) is 0 Å². The Morgan fingerprint density at radius 3 is 2.04 bits per heavy atom. The zero-order valence-corrected chi connectivity index (χ0v) is 14.8. The predicted octanol–water partition coefficient (Wildman–Crippen LogP) is 4.27. The van der Waals surface area contributed by atoms with Gasteiger partial charge in [-0.3, -0.25) is 4.98 Å². The second-order valence-corrected chi connectivity index (χ2v) is 7.15. The smallest absolute Gasteiger partial charge is 0.0858 e. The second-order valence-electron chi connectivity index (χ2n) is 7.15. The van der Waals surface area contributed by atoms with Gasteiger partial charge in [0.25, 0.3) is 0 Å². The molecule has 0 saturated heterocycles. The maximum atomic E-state index is 10.9. The standard InChI is InChI=1S/C23H24N2O/c26-22(19-11-5-2-6-12-19)23(14-15-23)17-25-21(18-9-3-1-4-10-18)20-13-7-8-16-24-20/h1-13,16,21-22,25-26H,14-15,17H2. The van der Waals surface area contributed by atoms with E-state index in [0.717, 1.165) is 30.6 Å². The minimum absolute atomic E-state index is 0.0258. The number of aliphatic hydroxyl groups is 1. The summed E-state index contributed by atoms with van der Waals surface area (Å²) in [7, 11) is 0. The van der Waals surface area contributed by atoms with E-state index in [1.165, 1.54) is 5.56 Å². The van der Waals surface area contributed by atoms with E-state index in [2.05, 4.69) is 40.6 Å². The SMILES string of the molecule is OC(c1ccccc1)C1(CNC(c2ccccc2)c2ccccn2)CC1. The van der Waals surface area contributed by atoms with Crippen molar-refractivity contribution in [1.82, 2.24) is 10.3 Å². The number of benzene rings is 2. The van der Waals surface area contributed by atoms with E-state index in [1.54, 1.807) is 0 Å². The normalized spacial score (nSPS) is 17.4. The molecular formula is C23H24N2O. The van der Waals surface area contributed by atoms with Crippen molar-refractivity contribution >= 4 is 0 Å². The number of nitrogens with zero attached hydrogens (tertiary/aromatic N) is 1. The van der Waals surface area contributed by atoms with Crippen LogP contribution in [0.5, 0.6) is 0 Å². The highest BCUT2D eigenvalue weighted by molar-refractivity contribution is 5.28. The summed E-state index contributed by atoms with van der Waals surface area (Å²) in [6.45, 7) is 0.763. The van der Waals surface area contributed by atoms with Crippen LogP contribution < -0.4 is 5.32 Å². The lowest BCUT2D eigenvalue weighted by molar-refractivity contribution is 0.0906. The van der Waals surface area contributed by atoms with E-state index in [9.17, 15) is 5.11 Å². The lowest BCUT2D eigenvalue weighted by atomic mass is 9.92. The van der Waals surface area contributed by atoms with Crippen LogP contribution in [-0.4, -0.2) is 16.6 Å². The topological polar surface area (TPSA) is 45.1 Å². The van der Waals surface area contributed by atoms with E-state index >= 15 is 0 Å². The Balaban J connectivity index is 1.54. The van der Waals surface area contributed by atoms with E-state index in [4.69, 9.17) is 0 Å². The molecule has 1 saturated carbocycles. The summed E-state index contributed by atoms with van der Waals surface area (Å²) < 4.78 is 0. The van der Waals surface area contributed by atoms with Gasteiger partial charge in [-0.2, -0.15) is 0 Å². The van der Waals surface area contributed by atoms with Crippen LogP contribution in [0.1, 0.15) is 41.8 Å². The quantitative estimate of drug-likeness (QED) is 0.673. The minimum atomic E-state index is -0.434. The maximum Gasteiger partial charge on any atom is 0.0858 e. The van der Waals surface area contributed by atoms with Gasteiger partial charge in [-0.1, -0.05) is 66.7 Å². The van der Waals surface area contributed by atoms with Crippen LogP contribution >= 0.6 is 0 Å². The summed E-state index contributed by atoms with van der Waals surface area (Å²) >= 11 is 0. The Kier molecular flexibility index (Phi) is 4.83. The van der Waals surface area contributed by atoms with Gasteiger partial charge in [-0.05, 0) is 36.1 Å². The number of nitrogens with one attached hydrogen (secondary N) is 1. The highest BCUT2D eigenvalue weighted by Crippen LogP contribution is 2.54. The summed E-state index contributed by atoms with van der Waals surface area (Å²) in [5.74, 6) is 0. The third-order valence-corrected chi connectivity index (χ3v) is 5.36. The summed E-state index contributed by atoms with van der Waals surface area (Å²) in [5.41, 5.74) is 3.11. The molecule has 3 nitrogen and oxygen atoms in total. The number of hydrogen-bond acceptors (Lipinski definition) is 3. The average Bonchev–Trinajstić information content (AvgIpc) is 3.51. The summed E-state index contributed by atoms with van der Waals surface area (Å²) in [6.07, 6.45) is 3.48. The molecule has 26 heavy (non-hydrogen) atoms. The molecule has 1 fully saturated rings. The number of pyridine rings is 1. The Morgan fingerprint density at radius 2 is 1.46 bits per heavy atom. The molecular weight excluding hydrogens is 320 g/mol. The second kappa shape index (κ2) is 7.40. The molecule has 3 aromatic rings. The maximum absolute atomic E-state index is 10.9. The zero-order chi connectivity index (χ0) is 17.8. The fourth-order valence-corrected chi connectivity index (χ4v) is 3.59. The van der Waals surface area contributed by atoms with Gasteiger partial charge < -0.3 is 10.4 Å². The summed E-state index contributed by atoms with van der Waals surface area (Å²) in [6, 6.07) is 26.4. The molecule has 1 aromatic heterocycles. The lowest BCUT2D eigenvalue weighted by Crippen LogP contribution is -2.32. The third-order valence-electron chi connectivity index (χ3n) is 5.36. The Labute approximate surface area is 154 Å². The van der Waals surface area contributed by atoms with Crippen molar-refractivity contribution in [3.05, 3.63) is 102 Å². The first kappa shape index (κ1) is 17.0. The average molecular weight is 344 g/mol. The molecule has 2 atom stereocenters. The van der Waals surface area contributed by atoms with Crippen molar-refractivity contribution in [2.45, 2.75) is 25.0 Å². The Morgan fingerprint density at radius 1 is 0.846 bits per heavy atom. The fourth-order valence-electron chi connectivity index (χ4n) is 3.59. The van der Waals surface area contributed by atoms with Crippen LogP contribution in [0.3, 0.4) is 0 Å². The molecule has 0 spiro atoms. The van der Waals surface area contributed by atoms with Crippen LogP contribution in [0, 0.1) is 5.41 Å². The van der Waals surface area contributed by atoms with E-state index in [1.807, 2.05) is 54.7 Å².